The molecule has 2 aromatic rings. The number of hydrogen-bond donors (Lipinski definition) is 2. The first-order chi connectivity index (χ1) is 10.6. The average Bonchev–Trinajstić information content (AvgIpc) is 3.01. The van der Waals surface area contributed by atoms with Crippen LogP contribution in [0.2, 0.25) is 0 Å². The monoisotopic (exact) mass is 336 g/mol. The molecule has 0 aliphatic rings. The van der Waals surface area contributed by atoms with Gasteiger partial charge in [-0.05, 0) is 31.0 Å². The van der Waals surface area contributed by atoms with E-state index in [1.54, 1.807) is 5.51 Å². The quantitative estimate of drug-likeness (QED) is 0.788. The highest BCUT2D eigenvalue weighted by Gasteiger charge is 2.09. The molecular formula is C14H16N4O2S2. The summed E-state index contributed by atoms with van der Waals surface area (Å²) >= 11 is 2.67. The number of anilines is 1. The van der Waals surface area contributed by atoms with E-state index in [9.17, 15) is 9.59 Å². The van der Waals surface area contributed by atoms with E-state index in [0.29, 0.717) is 0 Å². The minimum Gasteiger partial charge on any atom is -0.346 e. The van der Waals surface area contributed by atoms with Gasteiger partial charge in [-0.3, -0.25) is 9.59 Å². The number of carbonyl (C=O) groups is 2. The van der Waals surface area contributed by atoms with Gasteiger partial charge in [-0.25, -0.2) is 0 Å². The SMILES string of the molecule is Cc1cccc(NC(=O)CNC(=O)CSc2nncs2)c1C. The summed E-state index contributed by atoms with van der Waals surface area (Å²) < 4.78 is 0.731. The second-order valence-corrected chi connectivity index (χ2v) is 6.62. The van der Waals surface area contributed by atoms with E-state index in [1.165, 1.54) is 23.1 Å². The van der Waals surface area contributed by atoms with Crippen molar-refractivity contribution in [3.8, 4) is 0 Å². The van der Waals surface area contributed by atoms with E-state index in [-0.39, 0.29) is 24.1 Å². The van der Waals surface area contributed by atoms with Crippen molar-refractivity contribution in [1.29, 1.82) is 0 Å². The van der Waals surface area contributed by atoms with Crippen LogP contribution in [0.1, 0.15) is 11.1 Å². The number of benzene rings is 1. The predicted molar refractivity (Wildman–Crippen MR) is 88.2 cm³/mol. The van der Waals surface area contributed by atoms with Crippen molar-refractivity contribution >= 4 is 40.6 Å². The molecule has 2 N–H and O–H groups in total. The van der Waals surface area contributed by atoms with Crippen LogP contribution in [0.25, 0.3) is 0 Å². The van der Waals surface area contributed by atoms with Gasteiger partial charge in [0.2, 0.25) is 11.8 Å². The van der Waals surface area contributed by atoms with E-state index < -0.39 is 0 Å². The summed E-state index contributed by atoms with van der Waals surface area (Å²) in [6.07, 6.45) is 0. The molecule has 0 bridgehead atoms. The first-order valence-corrected chi connectivity index (χ1v) is 8.44. The maximum atomic E-state index is 11.9. The Morgan fingerprint density at radius 2 is 2.09 bits per heavy atom. The third-order valence-corrected chi connectivity index (χ3v) is 4.85. The Balaban J connectivity index is 1.75. The van der Waals surface area contributed by atoms with Gasteiger partial charge >= 0.3 is 0 Å². The molecule has 22 heavy (non-hydrogen) atoms. The molecule has 1 aromatic heterocycles. The zero-order valence-electron chi connectivity index (χ0n) is 12.3. The molecule has 0 aliphatic heterocycles. The van der Waals surface area contributed by atoms with E-state index in [1.807, 2.05) is 32.0 Å². The number of nitrogens with one attached hydrogen (secondary N) is 2. The fourth-order valence-corrected chi connectivity index (χ4v) is 2.98. The van der Waals surface area contributed by atoms with Gasteiger partial charge in [0.25, 0.3) is 0 Å². The fourth-order valence-electron chi connectivity index (χ4n) is 1.66. The average molecular weight is 336 g/mol. The molecular weight excluding hydrogens is 320 g/mol. The first-order valence-electron chi connectivity index (χ1n) is 6.58. The van der Waals surface area contributed by atoms with E-state index in [0.717, 1.165) is 21.2 Å². The standard InChI is InChI=1S/C14H16N4O2S2/c1-9-4-3-5-11(10(9)2)17-12(19)6-15-13(20)7-21-14-18-16-8-22-14/h3-5,8H,6-7H2,1-2H3,(H,15,20)(H,17,19). The summed E-state index contributed by atoms with van der Waals surface area (Å²) in [5, 5.41) is 12.9. The first kappa shape index (κ1) is 16.4. The molecule has 6 nitrogen and oxygen atoms in total. The van der Waals surface area contributed by atoms with Crippen molar-refractivity contribution in [2.75, 3.05) is 17.6 Å². The minimum atomic E-state index is -0.247. The normalized spacial score (nSPS) is 10.3. The lowest BCUT2D eigenvalue weighted by Gasteiger charge is -2.10. The van der Waals surface area contributed by atoms with Crippen molar-refractivity contribution in [3.63, 3.8) is 0 Å². The molecule has 0 aliphatic carbocycles. The third kappa shape index (κ3) is 4.81. The van der Waals surface area contributed by atoms with Gasteiger partial charge in [-0.2, -0.15) is 0 Å². The van der Waals surface area contributed by atoms with Crippen LogP contribution in [-0.4, -0.2) is 34.3 Å². The van der Waals surface area contributed by atoms with Crippen LogP contribution in [-0.2, 0) is 9.59 Å². The zero-order chi connectivity index (χ0) is 15.9. The maximum Gasteiger partial charge on any atom is 0.243 e. The molecule has 0 saturated carbocycles. The Kier molecular flexibility index (Phi) is 5.91. The summed E-state index contributed by atoms with van der Waals surface area (Å²) in [5.41, 5.74) is 4.50. The van der Waals surface area contributed by atoms with E-state index in [4.69, 9.17) is 0 Å². The molecule has 0 radical (unpaired) electrons. The highest BCUT2D eigenvalue weighted by molar-refractivity contribution is 8.01. The number of aromatic nitrogens is 2. The second kappa shape index (κ2) is 7.90. The summed E-state index contributed by atoms with van der Waals surface area (Å²) in [7, 11) is 0. The molecule has 116 valence electrons. The van der Waals surface area contributed by atoms with Gasteiger partial charge in [0.05, 0.1) is 12.3 Å². The van der Waals surface area contributed by atoms with E-state index >= 15 is 0 Å². The fraction of sp³-hybridized carbons (Fsp3) is 0.286. The van der Waals surface area contributed by atoms with Crippen LogP contribution >= 0.6 is 23.1 Å². The van der Waals surface area contributed by atoms with Crippen LogP contribution in [0.3, 0.4) is 0 Å². The van der Waals surface area contributed by atoms with Gasteiger partial charge < -0.3 is 10.6 Å². The summed E-state index contributed by atoms with van der Waals surface area (Å²) in [6, 6.07) is 5.71. The molecule has 0 spiro atoms. The summed E-state index contributed by atoms with van der Waals surface area (Å²) in [4.78, 5) is 23.5. The maximum absolute atomic E-state index is 11.9. The third-order valence-electron chi connectivity index (χ3n) is 2.99. The Bertz CT molecular complexity index is 659. The Morgan fingerprint density at radius 3 is 2.82 bits per heavy atom. The molecule has 1 heterocycles. The summed E-state index contributed by atoms with van der Waals surface area (Å²) in [6.45, 7) is 3.88. The lowest BCUT2D eigenvalue weighted by Crippen LogP contribution is -2.34. The van der Waals surface area contributed by atoms with Gasteiger partial charge in [-0.15, -0.1) is 10.2 Å². The molecule has 0 saturated heterocycles. The number of aryl methyl sites for hydroxylation is 1. The van der Waals surface area contributed by atoms with Crippen LogP contribution < -0.4 is 10.6 Å². The zero-order valence-corrected chi connectivity index (χ0v) is 13.9. The Hall–Kier alpha value is -1.93. The molecule has 1 aromatic carbocycles. The van der Waals surface area contributed by atoms with E-state index in [2.05, 4.69) is 20.8 Å². The minimum absolute atomic E-state index is 0.0527. The van der Waals surface area contributed by atoms with Crippen LogP contribution in [0.4, 0.5) is 5.69 Å². The van der Waals surface area contributed by atoms with Crippen molar-refractivity contribution < 1.29 is 9.59 Å². The molecule has 8 heteroatoms. The predicted octanol–water partition coefficient (Wildman–Crippen LogP) is 2.00. The van der Waals surface area contributed by atoms with Crippen molar-refractivity contribution in [2.45, 2.75) is 18.2 Å². The lowest BCUT2D eigenvalue weighted by atomic mass is 10.1. The Labute approximate surface area is 136 Å². The van der Waals surface area contributed by atoms with Gasteiger partial charge in [0, 0.05) is 5.69 Å². The molecule has 2 rings (SSSR count). The van der Waals surface area contributed by atoms with Gasteiger partial charge in [0.15, 0.2) is 4.34 Å². The summed E-state index contributed by atoms with van der Waals surface area (Å²) in [5.74, 6) is -0.245. The number of carbonyl (C=O) groups excluding carboxylic acids is 2. The Morgan fingerprint density at radius 1 is 1.27 bits per heavy atom. The van der Waals surface area contributed by atoms with Crippen molar-refractivity contribution in [3.05, 3.63) is 34.8 Å². The largest absolute Gasteiger partial charge is 0.346 e. The second-order valence-electron chi connectivity index (χ2n) is 4.57. The number of rotatable bonds is 6. The molecule has 0 fully saturated rings. The highest BCUT2D eigenvalue weighted by atomic mass is 32.2. The number of hydrogen-bond acceptors (Lipinski definition) is 6. The number of thioether (sulfide) groups is 1. The molecule has 2 amide bonds. The number of amides is 2. The van der Waals surface area contributed by atoms with Crippen molar-refractivity contribution in [1.82, 2.24) is 15.5 Å². The smallest absolute Gasteiger partial charge is 0.243 e. The lowest BCUT2D eigenvalue weighted by molar-refractivity contribution is -0.122. The van der Waals surface area contributed by atoms with Gasteiger partial charge in [-0.1, -0.05) is 35.2 Å². The highest BCUT2D eigenvalue weighted by Crippen LogP contribution is 2.18. The topological polar surface area (TPSA) is 84.0 Å². The van der Waals surface area contributed by atoms with Crippen molar-refractivity contribution in [2.24, 2.45) is 0 Å². The van der Waals surface area contributed by atoms with Crippen LogP contribution in [0, 0.1) is 13.8 Å². The molecule has 0 atom stereocenters. The van der Waals surface area contributed by atoms with Crippen LogP contribution in [0.5, 0.6) is 0 Å². The molecule has 0 unspecified atom stereocenters. The van der Waals surface area contributed by atoms with Crippen LogP contribution in [0.15, 0.2) is 28.0 Å². The van der Waals surface area contributed by atoms with Gasteiger partial charge in [0.1, 0.15) is 5.51 Å². The number of nitrogens with zero attached hydrogens (tertiary/aromatic N) is 2.